The van der Waals surface area contributed by atoms with E-state index in [1.54, 1.807) is 36.4 Å². The maximum Gasteiger partial charge on any atom is 0.194 e. The van der Waals surface area contributed by atoms with Gasteiger partial charge in [-0.3, -0.25) is 9.78 Å². The second-order valence-electron chi connectivity index (χ2n) is 3.75. The molecule has 19 heavy (non-hydrogen) atoms. The molecule has 2 aromatic carbocycles. The number of anilines is 4. The molecule has 8 N–H and O–H groups in total. The van der Waals surface area contributed by atoms with E-state index in [2.05, 4.69) is 5.04 Å². The fourth-order valence-electron chi connectivity index (χ4n) is 1.36. The van der Waals surface area contributed by atoms with Crippen molar-refractivity contribution in [3.05, 3.63) is 36.4 Å². The molecule has 0 saturated heterocycles. The third kappa shape index (κ3) is 2.72. The van der Waals surface area contributed by atoms with E-state index < -0.39 is 0 Å². The van der Waals surface area contributed by atoms with Crippen LogP contribution in [0, 0.1) is 0 Å². The van der Waals surface area contributed by atoms with Gasteiger partial charge in [0.25, 0.3) is 0 Å². The molecule has 0 bridgehead atoms. The number of para-hydroxylation sites is 2. The van der Waals surface area contributed by atoms with Crippen molar-refractivity contribution < 1.29 is 14.8 Å². The summed E-state index contributed by atoms with van der Waals surface area (Å²) in [4.78, 5) is 9.79. The van der Waals surface area contributed by atoms with Gasteiger partial charge in [-0.25, -0.2) is 0 Å². The van der Waals surface area contributed by atoms with Crippen LogP contribution in [0.15, 0.2) is 36.4 Å². The predicted molar refractivity (Wildman–Crippen MR) is 72.9 cm³/mol. The fraction of sp³-hybridized carbons (Fsp3) is 0. The van der Waals surface area contributed by atoms with Crippen LogP contribution >= 0.6 is 0 Å². The smallest absolute Gasteiger partial charge is 0.194 e. The molecule has 0 spiro atoms. The van der Waals surface area contributed by atoms with E-state index in [-0.39, 0.29) is 22.9 Å². The molecule has 100 valence electrons. The van der Waals surface area contributed by atoms with E-state index in [1.807, 2.05) is 0 Å². The molecule has 0 aliphatic rings. The molecule has 0 heterocycles. The van der Waals surface area contributed by atoms with Gasteiger partial charge in [0.15, 0.2) is 11.5 Å². The number of nitrogen functional groups attached to an aromatic ring is 4. The highest BCUT2D eigenvalue weighted by Gasteiger charge is 2.08. The van der Waals surface area contributed by atoms with E-state index in [0.717, 1.165) is 0 Å². The summed E-state index contributed by atoms with van der Waals surface area (Å²) < 4.78 is 0. The molecule has 2 aromatic rings. The highest BCUT2D eigenvalue weighted by atomic mass is 17.5. The summed E-state index contributed by atoms with van der Waals surface area (Å²) >= 11 is 0. The van der Waals surface area contributed by atoms with Gasteiger partial charge in [-0.1, -0.05) is 12.1 Å². The van der Waals surface area contributed by atoms with E-state index in [9.17, 15) is 0 Å². The van der Waals surface area contributed by atoms with Crippen LogP contribution in [-0.4, -0.2) is 0 Å². The summed E-state index contributed by atoms with van der Waals surface area (Å²) in [5.74, 6) is 0.477. The predicted octanol–water partition coefficient (Wildman–Crippen LogP) is 1.32. The highest BCUT2D eigenvalue weighted by Crippen LogP contribution is 2.29. The largest absolute Gasteiger partial charge is 0.397 e. The quantitative estimate of drug-likeness (QED) is 0.371. The van der Waals surface area contributed by atoms with Gasteiger partial charge in [-0.15, -0.1) is 0 Å². The molecule has 0 fully saturated rings. The van der Waals surface area contributed by atoms with E-state index >= 15 is 0 Å². The van der Waals surface area contributed by atoms with Crippen LogP contribution in [0.4, 0.5) is 22.7 Å². The Morgan fingerprint density at radius 1 is 0.632 bits per heavy atom. The lowest BCUT2D eigenvalue weighted by Crippen LogP contribution is -2.07. The summed E-state index contributed by atoms with van der Waals surface area (Å²) in [5, 5.41) is 4.61. The van der Waals surface area contributed by atoms with Crippen LogP contribution in [-0.2, 0) is 5.04 Å². The SMILES string of the molecule is Nc1cccc(OOOc2cccc(N)c2N)c1N. The minimum absolute atomic E-state index is 0.238. The van der Waals surface area contributed by atoms with E-state index in [0.29, 0.717) is 11.4 Å². The average Bonchev–Trinajstić information content (AvgIpc) is 2.39. The molecule has 0 aliphatic heterocycles. The molecule has 0 atom stereocenters. The van der Waals surface area contributed by atoms with Crippen LogP contribution < -0.4 is 32.7 Å². The van der Waals surface area contributed by atoms with Crippen LogP contribution in [0.2, 0.25) is 0 Å². The zero-order valence-corrected chi connectivity index (χ0v) is 10.00. The topological polar surface area (TPSA) is 132 Å². The molecule has 0 aromatic heterocycles. The van der Waals surface area contributed by atoms with Crippen LogP contribution in [0.1, 0.15) is 0 Å². The second-order valence-corrected chi connectivity index (χ2v) is 3.75. The molecule has 2 rings (SSSR count). The van der Waals surface area contributed by atoms with Gasteiger partial charge in [-0.2, -0.15) is 0 Å². The van der Waals surface area contributed by atoms with Crippen molar-refractivity contribution in [1.82, 2.24) is 0 Å². The Kier molecular flexibility index (Phi) is 3.48. The molecular weight excluding hydrogens is 248 g/mol. The molecular formula is C12H14N4O3. The lowest BCUT2D eigenvalue weighted by Gasteiger charge is -2.09. The van der Waals surface area contributed by atoms with Crippen molar-refractivity contribution in [3.63, 3.8) is 0 Å². The van der Waals surface area contributed by atoms with Crippen molar-refractivity contribution in [2.45, 2.75) is 0 Å². The Morgan fingerprint density at radius 3 is 1.47 bits per heavy atom. The molecule has 0 radical (unpaired) electrons. The lowest BCUT2D eigenvalue weighted by molar-refractivity contribution is -0.410. The molecule has 7 nitrogen and oxygen atoms in total. The summed E-state index contributed by atoms with van der Waals surface area (Å²) in [6.07, 6.45) is 0. The van der Waals surface area contributed by atoms with Gasteiger partial charge in [0, 0.05) is 5.04 Å². The Morgan fingerprint density at radius 2 is 1.05 bits per heavy atom. The number of hydrogen-bond donors (Lipinski definition) is 4. The monoisotopic (exact) mass is 262 g/mol. The van der Waals surface area contributed by atoms with Crippen LogP contribution in [0.3, 0.4) is 0 Å². The second kappa shape index (κ2) is 5.23. The normalized spacial score (nSPS) is 10.1. The van der Waals surface area contributed by atoms with Crippen LogP contribution in [0.5, 0.6) is 11.5 Å². The Hall–Kier alpha value is -2.80. The van der Waals surface area contributed by atoms with Gasteiger partial charge in [0.05, 0.1) is 11.4 Å². The number of nitrogens with two attached hydrogens (primary N) is 4. The van der Waals surface area contributed by atoms with Gasteiger partial charge in [0.2, 0.25) is 0 Å². The molecule has 0 aliphatic carbocycles. The number of rotatable bonds is 4. The van der Waals surface area contributed by atoms with Gasteiger partial charge >= 0.3 is 0 Å². The molecule has 0 saturated carbocycles. The van der Waals surface area contributed by atoms with Gasteiger partial charge in [0.1, 0.15) is 11.4 Å². The third-order valence-corrected chi connectivity index (χ3v) is 2.45. The average molecular weight is 262 g/mol. The van der Waals surface area contributed by atoms with Crippen molar-refractivity contribution in [1.29, 1.82) is 0 Å². The van der Waals surface area contributed by atoms with E-state index in [4.69, 9.17) is 32.7 Å². The zero-order valence-electron chi connectivity index (χ0n) is 10.00. The standard InChI is InChI=1S/C12H14N4O3/c13-7-3-1-5-9(11(7)15)17-19-18-10-6-2-4-8(14)12(10)16/h1-6H,13-16H2. The number of benzene rings is 2. The Bertz CT molecular complexity index is 538. The van der Waals surface area contributed by atoms with Gasteiger partial charge in [-0.05, 0) is 24.3 Å². The first-order chi connectivity index (χ1) is 9.09. The Labute approximate surface area is 109 Å². The zero-order chi connectivity index (χ0) is 13.8. The molecule has 0 amide bonds. The summed E-state index contributed by atoms with van der Waals surface area (Å²) in [6.45, 7) is 0. The van der Waals surface area contributed by atoms with Crippen molar-refractivity contribution in [3.8, 4) is 11.5 Å². The maximum absolute atomic E-state index is 5.69. The summed E-state index contributed by atoms with van der Waals surface area (Å²) in [7, 11) is 0. The molecule has 7 heteroatoms. The van der Waals surface area contributed by atoms with Crippen molar-refractivity contribution in [2.24, 2.45) is 0 Å². The first-order valence-electron chi connectivity index (χ1n) is 5.38. The van der Waals surface area contributed by atoms with Crippen molar-refractivity contribution >= 4 is 22.7 Å². The fourth-order valence-corrected chi connectivity index (χ4v) is 1.36. The molecule has 0 unspecified atom stereocenters. The van der Waals surface area contributed by atoms with Crippen molar-refractivity contribution in [2.75, 3.05) is 22.9 Å². The summed E-state index contributed by atoms with van der Waals surface area (Å²) in [5.41, 5.74) is 23.9. The van der Waals surface area contributed by atoms with Crippen LogP contribution in [0.25, 0.3) is 0 Å². The highest BCUT2D eigenvalue weighted by molar-refractivity contribution is 5.71. The maximum atomic E-state index is 5.69. The minimum atomic E-state index is 0.238. The van der Waals surface area contributed by atoms with E-state index in [1.165, 1.54) is 0 Å². The minimum Gasteiger partial charge on any atom is -0.397 e. The third-order valence-electron chi connectivity index (χ3n) is 2.45. The number of hydrogen-bond acceptors (Lipinski definition) is 7. The van der Waals surface area contributed by atoms with Gasteiger partial charge < -0.3 is 22.9 Å². The Balaban J connectivity index is 2.00. The first-order valence-corrected chi connectivity index (χ1v) is 5.38. The lowest BCUT2D eigenvalue weighted by atomic mass is 10.2. The summed E-state index contributed by atoms with van der Waals surface area (Å²) in [6, 6.07) is 9.77. The first kappa shape index (κ1) is 12.7.